The minimum atomic E-state index is 0.122. The van der Waals surface area contributed by atoms with Crippen LogP contribution in [-0.2, 0) is 9.53 Å². The first kappa shape index (κ1) is 13.2. The molecule has 0 saturated carbocycles. The van der Waals surface area contributed by atoms with Crippen molar-refractivity contribution in [2.24, 2.45) is 5.41 Å². The second-order valence-electron chi connectivity index (χ2n) is 5.44. The summed E-state index contributed by atoms with van der Waals surface area (Å²) in [6.07, 6.45) is 5.78. The van der Waals surface area contributed by atoms with E-state index in [1.807, 2.05) is 11.0 Å². The van der Waals surface area contributed by atoms with Gasteiger partial charge in [0.1, 0.15) is 0 Å². The molecule has 0 aromatic heterocycles. The molecule has 1 fully saturated rings. The van der Waals surface area contributed by atoms with Crippen molar-refractivity contribution < 1.29 is 9.53 Å². The molecule has 3 heteroatoms. The SMILES string of the molecule is CC(C)(C)CC/C=C/C(=O)N1CCOCC1. The maximum Gasteiger partial charge on any atom is 0.246 e. The Labute approximate surface area is 98.5 Å². The van der Waals surface area contributed by atoms with Crippen LogP contribution in [0.3, 0.4) is 0 Å². The molecule has 0 N–H and O–H groups in total. The zero-order valence-electron chi connectivity index (χ0n) is 10.7. The van der Waals surface area contributed by atoms with Gasteiger partial charge in [-0.05, 0) is 24.3 Å². The highest BCUT2D eigenvalue weighted by Crippen LogP contribution is 2.20. The van der Waals surface area contributed by atoms with Crippen LogP contribution < -0.4 is 0 Å². The van der Waals surface area contributed by atoms with Gasteiger partial charge in [-0.2, -0.15) is 0 Å². The van der Waals surface area contributed by atoms with Crippen molar-refractivity contribution in [3.63, 3.8) is 0 Å². The molecule has 0 atom stereocenters. The summed E-state index contributed by atoms with van der Waals surface area (Å²) in [6, 6.07) is 0. The van der Waals surface area contributed by atoms with Crippen molar-refractivity contribution in [1.29, 1.82) is 0 Å². The number of morpholine rings is 1. The summed E-state index contributed by atoms with van der Waals surface area (Å²) in [5, 5.41) is 0. The number of hydrogen-bond acceptors (Lipinski definition) is 2. The standard InChI is InChI=1S/C13H23NO2/c1-13(2,3)7-5-4-6-12(15)14-8-10-16-11-9-14/h4,6H,5,7-11H2,1-3H3/b6-4+. The Balaban J connectivity index is 2.25. The lowest BCUT2D eigenvalue weighted by Gasteiger charge is -2.25. The van der Waals surface area contributed by atoms with E-state index in [0.29, 0.717) is 18.6 Å². The summed E-state index contributed by atoms with van der Waals surface area (Å²) in [7, 11) is 0. The molecule has 0 radical (unpaired) electrons. The van der Waals surface area contributed by atoms with Gasteiger partial charge in [-0.15, -0.1) is 0 Å². The van der Waals surface area contributed by atoms with Crippen LogP contribution in [0.4, 0.5) is 0 Å². The molecule has 1 heterocycles. The Hall–Kier alpha value is -0.830. The molecule has 16 heavy (non-hydrogen) atoms. The highest BCUT2D eigenvalue weighted by molar-refractivity contribution is 5.87. The van der Waals surface area contributed by atoms with Crippen molar-refractivity contribution >= 4 is 5.91 Å². The second-order valence-corrected chi connectivity index (χ2v) is 5.44. The van der Waals surface area contributed by atoms with Gasteiger partial charge in [0.2, 0.25) is 5.91 Å². The number of nitrogens with zero attached hydrogens (tertiary/aromatic N) is 1. The van der Waals surface area contributed by atoms with Crippen molar-refractivity contribution in [3.05, 3.63) is 12.2 Å². The van der Waals surface area contributed by atoms with Gasteiger partial charge in [0.05, 0.1) is 13.2 Å². The van der Waals surface area contributed by atoms with Gasteiger partial charge in [0.15, 0.2) is 0 Å². The van der Waals surface area contributed by atoms with E-state index in [0.717, 1.165) is 25.9 Å². The minimum Gasteiger partial charge on any atom is -0.378 e. The number of carbonyl (C=O) groups excluding carboxylic acids is 1. The third kappa shape index (κ3) is 5.31. The Morgan fingerprint density at radius 3 is 2.50 bits per heavy atom. The van der Waals surface area contributed by atoms with Crippen molar-refractivity contribution in [2.45, 2.75) is 33.6 Å². The molecule has 0 aliphatic carbocycles. The van der Waals surface area contributed by atoms with Crippen LogP contribution >= 0.6 is 0 Å². The maximum atomic E-state index is 11.7. The van der Waals surface area contributed by atoms with E-state index >= 15 is 0 Å². The second kappa shape index (κ2) is 6.04. The van der Waals surface area contributed by atoms with E-state index in [-0.39, 0.29) is 5.91 Å². The summed E-state index contributed by atoms with van der Waals surface area (Å²) in [4.78, 5) is 13.6. The monoisotopic (exact) mass is 225 g/mol. The van der Waals surface area contributed by atoms with E-state index in [9.17, 15) is 4.79 Å². The third-order valence-corrected chi connectivity index (χ3v) is 2.64. The van der Waals surface area contributed by atoms with E-state index < -0.39 is 0 Å². The van der Waals surface area contributed by atoms with Gasteiger partial charge in [0.25, 0.3) is 0 Å². The lowest BCUT2D eigenvalue weighted by Crippen LogP contribution is -2.39. The molecule has 1 aliphatic heterocycles. The normalized spacial score (nSPS) is 18.1. The Bertz CT molecular complexity index is 247. The molecule has 1 rings (SSSR count). The topological polar surface area (TPSA) is 29.5 Å². The molecule has 0 bridgehead atoms. The molecule has 1 saturated heterocycles. The van der Waals surface area contributed by atoms with Crippen molar-refractivity contribution in [1.82, 2.24) is 4.90 Å². The number of hydrogen-bond donors (Lipinski definition) is 0. The first-order chi connectivity index (χ1) is 7.49. The molecule has 0 aromatic carbocycles. The zero-order valence-corrected chi connectivity index (χ0v) is 10.7. The zero-order chi connectivity index (χ0) is 12.0. The maximum absolute atomic E-state index is 11.7. The predicted molar refractivity (Wildman–Crippen MR) is 65.2 cm³/mol. The van der Waals surface area contributed by atoms with Crippen LogP contribution in [0.15, 0.2) is 12.2 Å². The molecule has 0 unspecified atom stereocenters. The average molecular weight is 225 g/mol. The lowest BCUT2D eigenvalue weighted by molar-refractivity contribution is -0.129. The number of amides is 1. The fourth-order valence-corrected chi connectivity index (χ4v) is 1.59. The summed E-state index contributed by atoms with van der Waals surface area (Å²) < 4.78 is 5.20. The number of carbonyl (C=O) groups is 1. The number of rotatable bonds is 3. The average Bonchev–Trinajstić information content (AvgIpc) is 2.24. The van der Waals surface area contributed by atoms with Gasteiger partial charge >= 0.3 is 0 Å². The smallest absolute Gasteiger partial charge is 0.246 e. The van der Waals surface area contributed by atoms with E-state index in [2.05, 4.69) is 20.8 Å². The van der Waals surface area contributed by atoms with E-state index in [1.165, 1.54) is 0 Å². The van der Waals surface area contributed by atoms with Gasteiger partial charge in [-0.3, -0.25) is 4.79 Å². The molecular formula is C13H23NO2. The largest absolute Gasteiger partial charge is 0.378 e. The highest BCUT2D eigenvalue weighted by atomic mass is 16.5. The Kier molecular flexibility index (Phi) is 5.00. The van der Waals surface area contributed by atoms with Gasteiger partial charge in [0, 0.05) is 13.1 Å². The first-order valence-electron chi connectivity index (χ1n) is 6.02. The van der Waals surface area contributed by atoms with Crippen LogP contribution in [-0.4, -0.2) is 37.1 Å². The van der Waals surface area contributed by atoms with Crippen LogP contribution in [0.25, 0.3) is 0 Å². The summed E-state index contributed by atoms with van der Waals surface area (Å²) in [6.45, 7) is 9.42. The van der Waals surface area contributed by atoms with Gasteiger partial charge < -0.3 is 9.64 Å². The van der Waals surface area contributed by atoms with Crippen LogP contribution in [0.1, 0.15) is 33.6 Å². The van der Waals surface area contributed by atoms with Crippen LogP contribution in [0.2, 0.25) is 0 Å². The van der Waals surface area contributed by atoms with Gasteiger partial charge in [-0.25, -0.2) is 0 Å². The fourth-order valence-electron chi connectivity index (χ4n) is 1.59. The highest BCUT2D eigenvalue weighted by Gasteiger charge is 2.14. The molecule has 0 spiro atoms. The third-order valence-electron chi connectivity index (χ3n) is 2.64. The van der Waals surface area contributed by atoms with Crippen molar-refractivity contribution in [3.8, 4) is 0 Å². The quantitative estimate of drug-likeness (QED) is 0.689. The summed E-state index contributed by atoms with van der Waals surface area (Å²) in [5.74, 6) is 0.122. The van der Waals surface area contributed by atoms with Crippen LogP contribution in [0.5, 0.6) is 0 Å². The predicted octanol–water partition coefficient (Wildman–Crippen LogP) is 2.23. The Morgan fingerprint density at radius 1 is 1.31 bits per heavy atom. The minimum absolute atomic E-state index is 0.122. The summed E-state index contributed by atoms with van der Waals surface area (Å²) >= 11 is 0. The molecule has 0 aromatic rings. The van der Waals surface area contributed by atoms with E-state index in [1.54, 1.807) is 6.08 Å². The van der Waals surface area contributed by atoms with E-state index in [4.69, 9.17) is 4.74 Å². The molecule has 1 amide bonds. The molecular weight excluding hydrogens is 202 g/mol. The fraction of sp³-hybridized carbons (Fsp3) is 0.769. The lowest BCUT2D eigenvalue weighted by atomic mass is 9.90. The molecule has 1 aliphatic rings. The van der Waals surface area contributed by atoms with Crippen molar-refractivity contribution in [2.75, 3.05) is 26.3 Å². The molecule has 92 valence electrons. The molecule has 3 nitrogen and oxygen atoms in total. The first-order valence-corrected chi connectivity index (χ1v) is 6.02. The van der Waals surface area contributed by atoms with Crippen LogP contribution in [0, 0.1) is 5.41 Å². The Morgan fingerprint density at radius 2 is 1.94 bits per heavy atom. The van der Waals surface area contributed by atoms with Gasteiger partial charge in [-0.1, -0.05) is 26.8 Å². The number of allylic oxidation sites excluding steroid dienone is 1. The number of ether oxygens (including phenoxy) is 1. The summed E-state index contributed by atoms with van der Waals surface area (Å²) in [5.41, 5.74) is 0.340.